The molecule has 4 heteroatoms. The fraction of sp³-hybridized carbons (Fsp3) is 0. The Bertz CT molecular complexity index is 632. The van der Waals surface area contributed by atoms with Gasteiger partial charge in [0, 0.05) is 10.0 Å². The standard InChI is InChI=1S/C14H8BrNO2/c15-13-7-12(6-5-11(13)9-17)18-14-4-2-1-3-10(14)8-16/h1-7,9H. The van der Waals surface area contributed by atoms with E-state index in [1.165, 1.54) is 0 Å². The van der Waals surface area contributed by atoms with Gasteiger partial charge in [-0.2, -0.15) is 5.26 Å². The van der Waals surface area contributed by atoms with Crippen molar-refractivity contribution in [3.05, 3.63) is 58.1 Å². The van der Waals surface area contributed by atoms with Gasteiger partial charge in [-0.3, -0.25) is 4.79 Å². The maximum absolute atomic E-state index is 10.7. The predicted molar refractivity (Wildman–Crippen MR) is 70.8 cm³/mol. The summed E-state index contributed by atoms with van der Waals surface area (Å²) < 4.78 is 6.27. The first kappa shape index (κ1) is 12.3. The van der Waals surface area contributed by atoms with Crippen LogP contribution in [0.1, 0.15) is 15.9 Å². The summed E-state index contributed by atoms with van der Waals surface area (Å²) in [5, 5.41) is 8.95. The van der Waals surface area contributed by atoms with Crippen LogP contribution in [0.4, 0.5) is 0 Å². The van der Waals surface area contributed by atoms with Crippen molar-refractivity contribution in [1.29, 1.82) is 5.26 Å². The minimum Gasteiger partial charge on any atom is -0.456 e. The molecule has 0 aromatic heterocycles. The molecule has 88 valence electrons. The highest BCUT2D eigenvalue weighted by molar-refractivity contribution is 9.10. The summed E-state index contributed by atoms with van der Waals surface area (Å²) in [5.41, 5.74) is 1.02. The van der Waals surface area contributed by atoms with E-state index in [1.54, 1.807) is 42.5 Å². The summed E-state index contributed by atoms with van der Waals surface area (Å²) in [6, 6.07) is 14.1. The van der Waals surface area contributed by atoms with E-state index in [4.69, 9.17) is 10.00 Å². The second-order valence-corrected chi connectivity index (χ2v) is 4.37. The summed E-state index contributed by atoms with van der Waals surface area (Å²) in [6.45, 7) is 0. The SMILES string of the molecule is N#Cc1ccccc1Oc1ccc(C=O)c(Br)c1. The van der Waals surface area contributed by atoms with Gasteiger partial charge < -0.3 is 4.74 Å². The number of benzene rings is 2. The Morgan fingerprint density at radius 2 is 2.00 bits per heavy atom. The Hall–Kier alpha value is -2.12. The van der Waals surface area contributed by atoms with E-state index in [-0.39, 0.29) is 0 Å². The molecular weight excluding hydrogens is 294 g/mol. The van der Waals surface area contributed by atoms with E-state index in [0.29, 0.717) is 27.1 Å². The second-order valence-electron chi connectivity index (χ2n) is 3.51. The maximum atomic E-state index is 10.7. The van der Waals surface area contributed by atoms with E-state index in [9.17, 15) is 4.79 Å². The molecule has 0 bridgehead atoms. The second kappa shape index (κ2) is 5.48. The highest BCUT2D eigenvalue weighted by Gasteiger charge is 2.05. The lowest BCUT2D eigenvalue weighted by atomic mass is 10.2. The van der Waals surface area contributed by atoms with Gasteiger partial charge in [-0.05, 0) is 46.3 Å². The number of para-hydroxylation sites is 1. The molecule has 0 heterocycles. The molecule has 0 saturated carbocycles. The number of aldehydes is 1. The summed E-state index contributed by atoms with van der Waals surface area (Å²) in [6.07, 6.45) is 0.761. The molecule has 0 fully saturated rings. The van der Waals surface area contributed by atoms with Gasteiger partial charge in [-0.1, -0.05) is 12.1 Å². The van der Waals surface area contributed by atoms with Gasteiger partial charge in [-0.15, -0.1) is 0 Å². The maximum Gasteiger partial charge on any atom is 0.151 e. The quantitative estimate of drug-likeness (QED) is 0.807. The third-order valence-corrected chi connectivity index (χ3v) is 3.02. The topological polar surface area (TPSA) is 50.1 Å². The van der Waals surface area contributed by atoms with Crippen molar-refractivity contribution in [3.8, 4) is 17.6 Å². The van der Waals surface area contributed by atoms with Crippen molar-refractivity contribution in [2.45, 2.75) is 0 Å². The van der Waals surface area contributed by atoms with Crippen LogP contribution < -0.4 is 4.74 Å². The molecule has 0 saturated heterocycles. The first-order chi connectivity index (χ1) is 8.74. The number of nitrogens with zero attached hydrogens (tertiary/aromatic N) is 1. The molecule has 3 nitrogen and oxygen atoms in total. The average molecular weight is 302 g/mol. The van der Waals surface area contributed by atoms with Crippen LogP contribution in [0.2, 0.25) is 0 Å². The first-order valence-corrected chi connectivity index (χ1v) is 5.95. The highest BCUT2D eigenvalue weighted by Crippen LogP contribution is 2.28. The van der Waals surface area contributed by atoms with Crippen LogP contribution in [-0.4, -0.2) is 6.29 Å². The van der Waals surface area contributed by atoms with Crippen molar-refractivity contribution in [1.82, 2.24) is 0 Å². The van der Waals surface area contributed by atoms with Crippen LogP contribution in [0.5, 0.6) is 11.5 Å². The summed E-state index contributed by atoms with van der Waals surface area (Å²) in [7, 11) is 0. The van der Waals surface area contributed by atoms with Gasteiger partial charge in [0.2, 0.25) is 0 Å². The lowest BCUT2D eigenvalue weighted by Gasteiger charge is -2.08. The summed E-state index contributed by atoms with van der Waals surface area (Å²) in [5.74, 6) is 1.06. The number of carbonyl (C=O) groups excluding carboxylic acids is 1. The third kappa shape index (κ3) is 2.58. The summed E-state index contributed by atoms with van der Waals surface area (Å²) in [4.78, 5) is 10.7. The molecular formula is C14H8BrNO2. The fourth-order valence-electron chi connectivity index (χ4n) is 1.44. The largest absolute Gasteiger partial charge is 0.456 e. The van der Waals surface area contributed by atoms with Crippen LogP contribution in [0.15, 0.2) is 46.9 Å². The van der Waals surface area contributed by atoms with Gasteiger partial charge in [0.05, 0.1) is 5.56 Å². The van der Waals surface area contributed by atoms with Gasteiger partial charge in [-0.25, -0.2) is 0 Å². The molecule has 0 radical (unpaired) electrons. The minimum absolute atomic E-state index is 0.466. The monoisotopic (exact) mass is 301 g/mol. The van der Waals surface area contributed by atoms with Crippen molar-refractivity contribution in [2.24, 2.45) is 0 Å². The van der Waals surface area contributed by atoms with Crippen LogP contribution in [0.25, 0.3) is 0 Å². The predicted octanol–water partition coefficient (Wildman–Crippen LogP) is 3.93. The molecule has 0 aliphatic heterocycles. The van der Waals surface area contributed by atoms with E-state index >= 15 is 0 Å². The van der Waals surface area contributed by atoms with Crippen molar-refractivity contribution >= 4 is 22.2 Å². The molecule has 0 atom stereocenters. The fourth-order valence-corrected chi connectivity index (χ4v) is 1.89. The molecule has 0 aliphatic rings. The lowest BCUT2D eigenvalue weighted by molar-refractivity contribution is 0.112. The smallest absolute Gasteiger partial charge is 0.151 e. The Kier molecular flexibility index (Phi) is 3.75. The molecule has 18 heavy (non-hydrogen) atoms. The number of rotatable bonds is 3. The normalized spacial score (nSPS) is 9.56. The van der Waals surface area contributed by atoms with Crippen LogP contribution in [0, 0.1) is 11.3 Å². The Morgan fingerprint density at radius 3 is 2.67 bits per heavy atom. The summed E-state index contributed by atoms with van der Waals surface area (Å²) >= 11 is 3.28. The first-order valence-electron chi connectivity index (χ1n) is 5.16. The van der Waals surface area contributed by atoms with E-state index < -0.39 is 0 Å². The van der Waals surface area contributed by atoms with Gasteiger partial charge in [0.1, 0.15) is 17.6 Å². The van der Waals surface area contributed by atoms with Gasteiger partial charge in [0.25, 0.3) is 0 Å². The third-order valence-electron chi connectivity index (χ3n) is 2.33. The van der Waals surface area contributed by atoms with Gasteiger partial charge >= 0.3 is 0 Å². The molecule has 0 N–H and O–H groups in total. The van der Waals surface area contributed by atoms with Crippen LogP contribution in [0.3, 0.4) is 0 Å². The molecule has 0 amide bonds. The number of hydrogen-bond acceptors (Lipinski definition) is 3. The Balaban J connectivity index is 2.32. The molecule has 0 aliphatic carbocycles. The van der Waals surface area contributed by atoms with Gasteiger partial charge in [0.15, 0.2) is 6.29 Å². The van der Waals surface area contributed by atoms with Crippen LogP contribution >= 0.6 is 15.9 Å². The molecule has 0 unspecified atom stereocenters. The number of carbonyl (C=O) groups is 1. The number of halogens is 1. The van der Waals surface area contributed by atoms with Crippen molar-refractivity contribution in [2.75, 3.05) is 0 Å². The number of ether oxygens (including phenoxy) is 1. The van der Waals surface area contributed by atoms with E-state index in [2.05, 4.69) is 22.0 Å². The molecule has 2 aromatic carbocycles. The molecule has 2 rings (SSSR count). The van der Waals surface area contributed by atoms with Crippen molar-refractivity contribution in [3.63, 3.8) is 0 Å². The Morgan fingerprint density at radius 1 is 1.22 bits per heavy atom. The molecule has 2 aromatic rings. The molecule has 0 spiro atoms. The zero-order chi connectivity index (χ0) is 13.0. The Labute approximate surface area is 113 Å². The van der Waals surface area contributed by atoms with Crippen molar-refractivity contribution < 1.29 is 9.53 Å². The zero-order valence-corrected chi connectivity index (χ0v) is 10.8. The number of hydrogen-bond donors (Lipinski definition) is 0. The average Bonchev–Trinajstić information content (AvgIpc) is 2.39. The van der Waals surface area contributed by atoms with Crippen LogP contribution in [-0.2, 0) is 0 Å². The number of nitriles is 1. The highest BCUT2D eigenvalue weighted by atomic mass is 79.9. The lowest BCUT2D eigenvalue weighted by Crippen LogP contribution is -1.89. The minimum atomic E-state index is 0.466. The zero-order valence-electron chi connectivity index (χ0n) is 9.26. The van der Waals surface area contributed by atoms with E-state index in [0.717, 1.165) is 6.29 Å². The van der Waals surface area contributed by atoms with E-state index in [1.807, 2.05) is 0 Å².